The number of rotatable bonds is 5. The molecule has 1 amide bonds. The SMILES string of the molecule is COc1ccc(C(=O)N2CCCC3CCCCC32)cc1S(=O)(=O)Nc1ccc(C)cc1. The number of anilines is 1. The highest BCUT2D eigenvalue weighted by atomic mass is 32.2. The van der Waals surface area contributed by atoms with Gasteiger partial charge in [0.25, 0.3) is 15.9 Å². The first-order valence-corrected chi connectivity index (χ1v) is 12.5. The standard InChI is InChI=1S/C24H30N2O4S/c1-17-9-12-20(13-10-17)25-31(28,29)23-16-19(11-14-22(23)30-2)24(27)26-15-5-7-18-6-3-4-8-21(18)26/h9-14,16,18,21,25H,3-8,15H2,1-2H3. The summed E-state index contributed by atoms with van der Waals surface area (Å²) in [6.45, 7) is 2.67. The molecular formula is C24H30N2O4S. The topological polar surface area (TPSA) is 75.7 Å². The van der Waals surface area contributed by atoms with Gasteiger partial charge in [0.2, 0.25) is 0 Å². The van der Waals surface area contributed by atoms with E-state index in [-0.39, 0.29) is 22.6 Å². The van der Waals surface area contributed by atoms with Crippen molar-refractivity contribution in [3.8, 4) is 5.75 Å². The molecule has 0 radical (unpaired) electrons. The molecule has 2 fully saturated rings. The molecule has 1 N–H and O–H groups in total. The molecule has 1 saturated heterocycles. The third kappa shape index (κ3) is 4.56. The molecule has 2 aromatic carbocycles. The lowest BCUT2D eigenvalue weighted by atomic mass is 9.78. The lowest BCUT2D eigenvalue weighted by Crippen LogP contribution is -2.49. The van der Waals surface area contributed by atoms with Gasteiger partial charge in [-0.05, 0) is 68.9 Å². The van der Waals surface area contributed by atoms with Gasteiger partial charge in [0.15, 0.2) is 0 Å². The van der Waals surface area contributed by atoms with Crippen molar-refractivity contribution >= 4 is 21.6 Å². The van der Waals surface area contributed by atoms with Crippen LogP contribution in [0.4, 0.5) is 5.69 Å². The third-order valence-electron chi connectivity index (χ3n) is 6.51. The predicted octanol–water partition coefficient (Wildman–Crippen LogP) is 4.60. The molecule has 1 heterocycles. The molecule has 4 rings (SSSR count). The highest BCUT2D eigenvalue weighted by molar-refractivity contribution is 7.92. The molecule has 6 nitrogen and oxygen atoms in total. The monoisotopic (exact) mass is 442 g/mol. The minimum atomic E-state index is -3.92. The zero-order valence-corrected chi connectivity index (χ0v) is 19.0. The molecule has 2 aromatic rings. The number of likely N-dealkylation sites (tertiary alicyclic amines) is 1. The number of nitrogens with one attached hydrogen (secondary N) is 1. The van der Waals surface area contributed by atoms with Crippen LogP contribution in [0.5, 0.6) is 5.75 Å². The van der Waals surface area contributed by atoms with E-state index in [1.54, 1.807) is 24.3 Å². The van der Waals surface area contributed by atoms with Gasteiger partial charge in [-0.2, -0.15) is 0 Å². The Balaban J connectivity index is 1.63. The first kappa shape index (κ1) is 21.7. The fourth-order valence-electron chi connectivity index (χ4n) is 4.89. The summed E-state index contributed by atoms with van der Waals surface area (Å²) in [6.07, 6.45) is 6.77. The average Bonchev–Trinajstić information content (AvgIpc) is 2.79. The van der Waals surface area contributed by atoms with Crippen molar-refractivity contribution in [2.24, 2.45) is 5.92 Å². The summed E-state index contributed by atoms with van der Waals surface area (Å²) in [5.41, 5.74) is 1.89. The van der Waals surface area contributed by atoms with Gasteiger partial charge in [-0.15, -0.1) is 0 Å². The Morgan fingerprint density at radius 1 is 1.03 bits per heavy atom. The Morgan fingerprint density at radius 3 is 2.48 bits per heavy atom. The van der Waals surface area contributed by atoms with Crippen molar-refractivity contribution < 1.29 is 17.9 Å². The fraction of sp³-hybridized carbons (Fsp3) is 0.458. The Kier molecular flexibility index (Phi) is 6.23. The molecule has 1 aliphatic heterocycles. The summed E-state index contributed by atoms with van der Waals surface area (Å²) in [5.74, 6) is 0.687. The van der Waals surface area contributed by atoms with Crippen LogP contribution in [0.2, 0.25) is 0 Å². The van der Waals surface area contributed by atoms with Gasteiger partial charge in [-0.1, -0.05) is 30.5 Å². The van der Waals surface area contributed by atoms with E-state index in [4.69, 9.17) is 4.74 Å². The smallest absolute Gasteiger partial charge is 0.265 e. The van der Waals surface area contributed by atoms with E-state index < -0.39 is 10.0 Å². The molecule has 2 atom stereocenters. The van der Waals surface area contributed by atoms with Gasteiger partial charge in [0.1, 0.15) is 10.6 Å². The van der Waals surface area contributed by atoms with Crippen LogP contribution in [-0.4, -0.2) is 38.9 Å². The van der Waals surface area contributed by atoms with E-state index in [9.17, 15) is 13.2 Å². The number of carbonyl (C=O) groups excluding carboxylic acids is 1. The molecule has 0 aromatic heterocycles. The average molecular weight is 443 g/mol. The van der Waals surface area contributed by atoms with E-state index in [2.05, 4.69) is 4.72 Å². The second kappa shape index (κ2) is 8.91. The van der Waals surface area contributed by atoms with Crippen molar-refractivity contribution in [1.29, 1.82) is 0 Å². The number of methoxy groups -OCH3 is 1. The maximum atomic E-state index is 13.4. The van der Waals surface area contributed by atoms with Crippen LogP contribution in [0, 0.1) is 12.8 Å². The number of ether oxygens (including phenoxy) is 1. The number of benzene rings is 2. The van der Waals surface area contributed by atoms with Gasteiger partial charge in [-0.3, -0.25) is 9.52 Å². The summed E-state index contributed by atoms with van der Waals surface area (Å²) in [4.78, 5) is 15.3. The van der Waals surface area contributed by atoms with E-state index in [0.717, 1.165) is 31.4 Å². The van der Waals surface area contributed by atoms with Gasteiger partial charge in [0, 0.05) is 23.8 Å². The van der Waals surface area contributed by atoms with Crippen LogP contribution in [0.25, 0.3) is 0 Å². The molecule has 0 spiro atoms. The minimum absolute atomic E-state index is 0.0290. The summed E-state index contributed by atoms with van der Waals surface area (Å²) in [7, 11) is -2.50. The van der Waals surface area contributed by atoms with Crippen LogP contribution < -0.4 is 9.46 Å². The van der Waals surface area contributed by atoms with Crippen LogP contribution in [-0.2, 0) is 10.0 Å². The van der Waals surface area contributed by atoms with Gasteiger partial charge in [-0.25, -0.2) is 8.42 Å². The quantitative estimate of drug-likeness (QED) is 0.734. The number of carbonyl (C=O) groups is 1. The minimum Gasteiger partial charge on any atom is -0.495 e. The van der Waals surface area contributed by atoms with Crippen LogP contribution >= 0.6 is 0 Å². The molecule has 2 unspecified atom stereocenters. The first-order chi connectivity index (χ1) is 14.9. The van der Waals surface area contributed by atoms with Crippen molar-refractivity contribution in [3.63, 3.8) is 0 Å². The Bertz CT molecular complexity index is 1050. The summed E-state index contributed by atoms with van der Waals surface area (Å²) in [5, 5.41) is 0. The second-order valence-electron chi connectivity index (χ2n) is 8.59. The number of nitrogens with zero attached hydrogens (tertiary/aromatic N) is 1. The zero-order chi connectivity index (χ0) is 22.0. The van der Waals surface area contributed by atoms with Crippen LogP contribution in [0.3, 0.4) is 0 Å². The lowest BCUT2D eigenvalue weighted by molar-refractivity contribution is 0.0390. The molecule has 1 saturated carbocycles. The normalized spacial score (nSPS) is 21.3. The number of hydrogen-bond donors (Lipinski definition) is 1. The summed E-state index contributed by atoms with van der Waals surface area (Å²) < 4.78 is 34.2. The number of amides is 1. The third-order valence-corrected chi connectivity index (χ3v) is 7.91. The Morgan fingerprint density at radius 2 is 1.74 bits per heavy atom. The second-order valence-corrected chi connectivity index (χ2v) is 10.2. The van der Waals surface area contributed by atoms with Crippen molar-refractivity contribution in [2.75, 3.05) is 18.4 Å². The predicted molar refractivity (Wildman–Crippen MR) is 121 cm³/mol. The summed E-state index contributed by atoms with van der Waals surface area (Å²) >= 11 is 0. The number of sulfonamides is 1. The number of aryl methyl sites for hydroxylation is 1. The molecule has 31 heavy (non-hydrogen) atoms. The van der Waals surface area contributed by atoms with Crippen LogP contribution in [0.1, 0.15) is 54.4 Å². The molecule has 0 bridgehead atoms. The molecular weight excluding hydrogens is 412 g/mol. The number of hydrogen-bond acceptors (Lipinski definition) is 4. The van der Waals surface area contributed by atoms with E-state index in [1.165, 1.54) is 32.4 Å². The lowest BCUT2D eigenvalue weighted by Gasteiger charge is -2.44. The highest BCUT2D eigenvalue weighted by Crippen LogP contribution is 2.36. The summed E-state index contributed by atoms with van der Waals surface area (Å²) in [6, 6.07) is 12.1. The first-order valence-electron chi connectivity index (χ1n) is 11.0. The van der Waals surface area contributed by atoms with Crippen molar-refractivity contribution in [3.05, 3.63) is 53.6 Å². The maximum Gasteiger partial charge on any atom is 0.265 e. The van der Waals surface area contributed by atoms with E-state index in [1.807, 2.05) is 24.0 Å². The highest BCUT2D eigenvalue weighted by Gasteiger charge is 2.36. The van der Waals surface area contributed by atoms with Crippen molar-refractivity contribution in [1.82, 2.24) is 4.90 Å². The largest absolute Gasteiger partial charge is 0.495 e. The number of piperidine rings is 1. The molecule has 166 valence electrons. The van der Waals surface area contributed by atoms with E-state index in [0.29, 0.717) is 17.2 Å². The zero-order valence-electron chi connectivity index (χ0n) is 18.1. The Labute approximate surface area is 184 Å². The van der Waals surface area contributed by atoms with Crippen molar-refractivity contribution in [2.45, 2.75) is 56.4 Å². The van der Waals surface area contributed by atoms with Crippen LogP contribution in [0.15, 0.2) is 47.4 Å². The Hall–Kier alpha value is -2.54. The molecule has 7 heteroatoms. The fourth-order valence-corrected chi connectivity index (χ4v) is 6.15. The molecule has 1 aliphatic carbocycles. The van der Waals surface area contributed by atoms with Gasteiger partial charge >= 0.3 is 0 Å². The van der Waals surface area contributed by atoms with Gasteiger partial charge < -0.3 is 9.64 Å². The van der Waals surface area contributed by atoms with Gasteiger partial charge in [0.05, 0.1) is 7.11 Å². The van der Waals surface area contributed by atoms with E-state index >= 15 is 0 Å². The molecule has 2 aliphatic rings. The maximum absolute atomic E-state index is 13.4. The number of fused-ring (bicyclic) bond motifs is 1.